The lowest BCUT2D eigenvalue weighted by atomic mass is 10.1. The van der Waals surface area contributed by atoms with Crippen LogP contribution < -0.4 is 0 Å². The van der Waals surface area contributed by atoms with E-state index in [9.17, 15) is 4.79 Å². The van der Waals surface area contributed by atoms with Gasteiger partial charge in [-0.3, -0.25) is 0 Å². The molecule has 1 rings (SSSR count). The van der Waals surface area contributed by atoms with Crippen molar-refractivity contribution in [3.05, 3.63) is 0 Å². The van der Waals surface area contributed by atoms with Gasteiger partial charge in [0.15, 0.2) is 6.73 Å². The highest BCUT2D eigenvalue weighted by atomic mass is 16.6. The van der Waals surface area contributed by atoms with Crippen molar-refractivity contribution in [1.29, 1.82) is 0 Å². The van der Waals surface area contributed by atoms with Crippen molar-refractivity contribution in [2.75, 3.05) is 13.8 Å². The Hall–Kier alpha value is -0.770. The first-order valence-electron chi connectivity index (χ1n) is 3.61. The molecule has 0 bridgehead atoms. The zero-order valence-corrected chi connectivity index (χ0v) is 7.42. The normalized spacial score (nSPS) is 20.7. The van der Waals surface area contributed by atoms with Gasteiger partial charge in [0.2, 0.25) is 0 Å². The largest absolute Gasteiger partial charge is 0.431 e. The van der Waals surface area contributed by atoms with E-state index in [1.807, 2.05) is 25.8 Å². The first-order chi connectivity index (χ1) is 4.93. The maximum Gasteiger partial charge on any atom is 0.425 e. The molecule has 0 aromatic carbocycles. The van der Waals surface area contributed by atoms with Gasteiger partial charge >= 0.3 is 6.09 Å². The standard InChI is InChI=1S/C7H14N2O2/c1-7(2,3)9-5-11-6(10)8(9)4/h5H2,1-4H3. The number of amides is 1. The van der Waals surface area contributed by atoms with Crippen LogP contribution in [0.4, 0.5) is 4.79 Å². The summed E-state index contributed by atoms with van der Waals surface area (Å²) in [4.78, 5) is 10.9. The van der Waals surface area contributed by atoms with Gasteiger partial charge in [0.1, 0.15) is 0 Å². The van der Waals surface area contributed by atoms with Crippen LogP contribution in [0.3, 0.4) is 0 Å². The Kier molecular flexibility index (Phi) is 1.80. The van der Waals surface area contributed by atoms with E-state index in [0.717, 1.165) is 0 Å². The summed E-state index contributed by atoms with van der Waals surface area (Å²) < 4.78 is 4.82. The Morgan fingerprint density at radius 2 is 2.00 bits per heavy atom. The Morgan fingerprint density at radius 1 is 1.45 bits per heavy atom. The number of nitrogens with zero attached hydrogens (tertiary/aromatic N) is 2. The summed E-state index contributed by atoms with van der Waals surface area (Å²) in [6, 6.07) is 0. The average Bonchev–Trinajstić information content (AvgIpc) is 2.11. The van der Waals surface area contributed by atoms with Crippen LogP contribution in [-0.4, -0.2) is 35.4 Å². The molecule has 0 spiro atoms. The van der Waals surface area contributed by atoms with Crippen LogP contribution >= 0.6 is 0 Å². The fraction of sp³-hybridized carbons (Fsp3) is 0.857. The molecule has 64 valence electrons. The molecule has 0 atom stereocenters. The van der Waals surface area contributed by atoms with Crippen molar-refractivity contribution in [3.8, 4) is 0 Å². The molecule has 0 N–H and O–H groups in total. The Labute approximate surface area is 66.7 Å². The van der Waals surface area contributed by atoms with Gasteiger partial charge in [0.25, 0.3) is 0 Å². The monoisotopic (exact) mass is 158 g/mol. The van der Waals surface area contributed by atoms with Crippen LogP contribution in [0.1, 0.15) is 20.8 Å². The highest BCUT2D eigenvalue weighted by Gasteiger charge is 2.35. The molecular formula is C7H14N2O2. The van der Waals surface area contributed by atoms with E-state index in [1.165, 1.54) is 5.01 Å². The smallest absolute Gasteiger partial charge is 0.425 e. The second kappa shape index (κ2) is 2.37. The lowest BCUT2D eigenvalue weighted by Gasteiger charge is -2.33. The van der Waals surface area contributed by atoms with Gasteiger partial charge in [-0.1, -0.05) is 0 Å². The summed E-state index contributed by atoms with van der Waals surface area (Å²) in [7, 11) is 1.71. The Bertz CT molecular complexity index is 174. The first kappa shape index (κ1) is 8.33. The molecule has 0 aromatic rings. The topological polar surface area (TPSA) is 32.8 Å². The zero-order chi connectivity index (χ0) is 8.65. The van der Waals surface area contributed by atoms with E-state index in [1.54, 1.807) is 7.05 Å². The fourth-order valence-corrected chi connectivity index (χ4v) is 1.04. The van der Waals surface area contributed by atoms with E-state index < -0.39 is 0 Å². The third-order valence-electron chi connectivity index (χ3n) is 1.71. The maximum atomic E-state index is 10.9. The molecule has 0 aromatic heterocycles. The highest BCUT2D eigenvalue weighted by Crippen LogP contribution is 2.19. The van der Waals surface area contributed by atoms with Gasteiger partial charge in [-0.15, -0.1) is 0 Å². The summed E-state index contributed by atoms with van der Waals surface area (Å²) in [5, 5.41) is 3.37. The molecule has 11 heavy (non-hydrogen) atoms. The molecule has 1 heterocycles. The van der Waals surface area contributed by atoms with Crippen molar-refractivity contribution in [2.45, 2.75) is 26.3 Å². The van der Waals surface area contributed by atoms with Crippen molar-refractivity contribution < 1.29 is 9.53 Å². The van der Waals surface area contributed by atoms with Gasteiger partial charge in [0.05, 0.1) is 0 Å². The predicted octanol–water partition coefficient (Wildman–Crippen LogP) is 1.04. The minimum absolute atomic E-state index is 0.0547. The Balaban J connectivity index is 2.70. The van der Waals surface area contributed by atoms with Crippen LogP contribution in [0.5, 0.6) is 0 Å². The molecule has 1 fully saturated rings. The van der Waals surface area contributed by atoms with E-state index in [-0.39, 0.29) is 11.6 Å². The number of hydrogen-bond donors (Lipinski definition) is 0. The molecule has 1 aliphatic rings. The molecule has 4 heteroatoms. The minimum Gasteiger partial charge on any atom is -0.431 e. The van der Waals surface area contributed by atoms with E-state index in [0.29, 0.717) is 6.73 Å². The SMILES string of the molecule is CN1C(=O)OCN1C(C)(C)C. The molecule has 1 saturated heterocycles. The number of hydrazine groups is 1. The van der Waals surface area contributed by atoms with Crippen LogP contribution in [0, 0.1) is 0 Å². The molecule has 0 aliphatic carbocycles. The van der Waals surface area contributed by atoms with Crippen LogP contribution in [0.25, 0.3) is 0 Å². The number of cyclic esters (lactones) is 1. The summed E-state index contributed by atoms with van der Waals surface area (Å²) in [5.41, 5.74) is -0.0547. The van der Waals surface area contributed by atoms with Gasteiger partial charge in [-0.05, 0) is 20.8 Å². The number of hydrogen-bond acceptors (Lipinski definition) is 3. The number of carbonyl (C=O) groups is 1. The molecule has 1 aliphatic heterocycles. The average molecular weight is 158 g/mol. The van der Waals surface area contributed by atoms with Crippen molar-refractivity contribution in [3.63, 3.8) is 0 Å². The second-order valence-corrected chi connectivity index (χ2v) is 3.63. The number of ether oxygens (including phenoxy) is 1. The van der Waals surface area contributed by atoms with Gasteiger partial charge < -0.3 is 4.74 Å². The van der Waals surface area contributed by atoms with Gasteiger partial charge in [0, 0.05) is 12.6 Å². The second-order valence-electron chi connectivity index (χ2n) is 3.63. The van der Waals surface area contributed by atoms with E-state index in [4.69, 9.17) is 4.74 Å². The minimum atomic E-state index is -0.278. The van der Waals surface area contributed by atoms with E-state index >= 15 is 0 Å². The third-order valence-corrected chi connectivity index (χ3v) is 1.71. The van der Waals surface area contributed by atoms with Crippen LogP contribution in [-0.2, 0) is 4.74 Å². The lowest BCUT2D eigenvalue weighted by molar-refractivity contribution is -0.0198. The summed E-state index contributed by atoms with van der Waals surface area (Å²) in [5.74, 6) is 0. The highest BCUT2D eigenvalue weighted by molar-refractivity contribution is 5.68. The third kappa shape index (κ3) is 1.45. The number of carbonyl (C=O) groups excluding carboxylic acids is 1. The maximum absolute atomic E-state index is 10.9. The van der Waals surface area contributed by atoms with Gasteiger partial charge in [-0.2, -0.15) is 5.01 Å². The first-order valence-corrected chi connectivity index (χ1v) is 3.61. The molecule has 1 amide bonds. The van der Waals surface area contributed by atoms with Crippen molar-refractivity contribution in [2.24, 2.45) is 0 Å². The molecule has 4 nitrogen and oxygen atoms in total. The van der Waals surface area contributed by atoms with Crippen LogP contribution in [0.2, 0.25) is 0 Å². The fourth-order valence-electron chi connectivity index (χ4n) is 1.04. The summed E-state index contributed by atoms with van der Waals surface area (Å²) in [6.07, 6.45) is -0.278. The Morgan fingerprint density at radius 3 is 2.18 bits per heavy atom. The van der Waals surface area contributed by atoms with Crippen molar-refractivity contribution in [1.82, 2.24) is 10.0 Å². The summed E-state index contributed by atoms with van der Waals surface area (Å²) >= 11 is 0. The molecule has 0 unspecified atom stereocenters. The molecular weight excluding hydrogens is 144 g/mol. The predicted molar refractivity (Wildman–Crippen MR) is 40.7 cm³/mol. The molecule has 0 radical (unpaired) electrons. The summed E-state index contributed by atoms with van der Waals surface area (Å²) in [6.45, 7) is 6.46. The van der Waals surface area contributed by atoms with Gasteiger partial charge in [-0.25, -0.2) is 9.80 Å². The zero-order valence-electron chi connectivity index (χ0n) is 7.42. The van der Waals surface area contributed by atoms with Crippen LogP contribution in [0.15, 0.2) is 0 Å². The molecule has 0 saturated carbocycles. The quantitative estimate of drug-likeness (QED) is 0.528. The number of rotatable bonds is 0. The van der Waals surface area contributed by atoms with Crippen molar-refractivity contribution >= 4 is 6.09 Å². The van der Waals surface area contributed by atoms with E-state index in [2.05, 4.69) is 0 Å². The lowest BCUT2D eigenvalue weighted by Crippen LogP contribution is -2.47.